The Labute approximate surface area is 151 Å². The van der Waals surface area contributed by atoms with Gasteiger partial charge in [0.25, 0.3) is 0 Å². The monoisotopic (exact) mass is 351 g/mol. The highest BCUT2D eigenvalue weighted by molar-refractivity contribution is 6.00. The number of carbonyl (C=O) groups excluding carboxylic acids is 1. The second-order valence-corrected chi connectivity index (χ2v) is 6.78. The molecule has 1 aliphatic heterocycles. The summed E-state index contributed by atoms with van der Waals surface area (Å²) >= 11 is 0. The highest BCUT2D eigenvalue weighted by atomic mass is 16.3. The summed E-state index contributed by atoms with van der Waals surface area (Å²) in [5.74, 6) is 0.792. The molecule has 3 N–H and O–H groups in total. The molecule has 1 fully saturated rings. The molecule has 0 saturated carbocycles. The zero-order valence-electron chi connectivity index (χ0n) is 14.6. The molecule has 0 unspecified atom stereocenters. The number of aromatic hydroxyl groups is 1. The van der Waals surface area contributed by atoms with E-state index < -0.39 is 0 Å². The SMILES string of the molecule is CN1CCC(C(=O)Nc2n[nH]c3nc(-c4ccc(O)cc4)ccc23)CC1. The van der Waals surface area contributed by atoms with Gasteiger partial charge in [-0.1, -0.05) is 0 Å². The van der Waals surface area contributed by atoms with E-state index in [0.717, 1.165) is 42.6 Å². The smallest absolute Gasteiger partial charge is 0.228 e. The van der Waals surface area contributed by atoms with Crippen molar-refractivity contribution in [2.24, 2.45) is 5.92 Å². The molecule has 3 aromatic rings. The van der Waals surface area contributed by atoms with Gasteiger partial charge in [0.2, 0.25) is 5.91 Å². The van der Waals surface area contributed by atoms with Crippen molar-refractivity contribution in [1.82, 2.24) is 20.1 Å². The van der Waals surface area contributed by atoms with E-state index in [2.05, 4.69) is 32.4 Å². The van der Waals surface area contributed by atoms with Crippen LogP contribution in [0.2, 0.25) is 0 Å². The second kappa shape index (κ2) is 6.76. The first-order valence-electron chi connectivity index (χ1n) is 8.74. The number of benzene rings is 1. The number of hydrogen-bond acceptors (Lipinski definition) is 5. The first-order valence-corrected chi connectivity index (χ1v) is 8.74. The van der Waals surface area contributed by atoms with Crippen molar-refractivity contribution in [1.29, 1.82) is 0 Å². The number of hydrogen-bond donors (Lipinski definition) is 3. The van der Waals surface area contributed by atoms with E-state index in [-0.39, 0.29) is 17.6 Å². The number of H-pyrrole nitrogens is 1. The zero-order chi connectivity index (χ0) is 18.1. The fourth-order valence-electron chi connectivity index (χ4n) is 3.28. The molecule has 26 heavy (non-hydrogen) atoms. The minimum absolute atomic E-state index is 0.0223. The minimum atomic E-state index is 0.0223. The molecular formula is C19H21N5O2. The Morgan fingerprint density at radius 1 is 1.19 bits per heavy atom. The maximum atomic E-state index is 12.5. The van der Waals surface area contributed by atoms with Gasteiger partial charge in [0.1, 0.15) is 5.75 Å². The molecule has 7 heteroatoms. The zero-order valence-corrected chi connectivity index (χ0v) is 14.6. The Morgan fingerprint density at radius 2 is 1.92 bits per heavy atom. The van der Waals surface area contributed by atoms with Gasteiger partial charge in [-0.05, 0) is 69.4 Å². The third-order valence-corrected chi connectivity index (χ3v) is 4.92. The Hall–Kier alpha value is -2.93. The number of likely N-dealkylation sites (tertiary alicyclic amines) is 1. The summed E-state index contributed by atoms with van der Waals surface area (Å²) in [5, 5.41) is 20.3. The van der Waals surface area contributed by atoms with E-state index in [0.29, 0.717) is 11.5 Å². The van der Waals surface area contributed by atoms with E-state index in [1.807, 2.05) is 24.3 Å². The lowest BCUT2D eigenvalue weighted by atomic mass is 9.96. The molecule has 4 rings (SSSR count). The van der Waals surface area contributed by atoms with Crippen LogP contribution in [0.15, 0.2) is 36.4 Å². The lowest BCUT2D eigenvalue weighted by Gasteiger charge is -2.27. The van der Waals surface area contributed by atoms with Gasteiger partial charge in [0.05, 0.1) is 11.1 Å². The predicted molar refractivity (Wildman–Crippen MR) is 99.8 cm³/mol. The van der Waals surface area contributed by atoms with Crippen LogP contribution < -0.4 is 5.32 Å². The van der Waals surface area contributed by atoms with Crippen molar-refractivity contribution in [3.05, 3.63) is 36.4 Å². The van der Waals surface area contributed by atoms with Crippen molar-refractivity contribution in [3.63, 3.8) is 0 Å². The summed E-state index contributed by atoms with van der Waals surface area (Å²) in [6.07, 6.45) is 1.74. The molecule has 7 nitrogen and oxygen atoms in total. The molecule has 0 spiro atoms. The van der Waals surface area contributed by atoms with Crippen molar-refractivity contribution < 1.29 is 9.90 Å². The van der Waals surface area contributed by atoms with Crippen molar-refractivity contribution >= 4 is 22.8 Å². The van der Waals surface area contributed by atoms with Crippen LogP contribution in [0.3, 0.4) is 0 Å². The molecule has 134 valence electrons. The van der Waals surface area contributed by atoms with E-state index >= 15 is 0 Å². The summed E-state index contributed by atoms with van der Waals surface area (Å²) in [4.78, 5) is 19.3. The number of anilines is 1. The fraction of sp³-hybridized carbons (Fsp3) is 0.316. The van der Waals surface area contributed by atoms with Crippen LogP contribution in [0.4, 0.5) is 5.82 Å². The number of rotatable bonds is 3. The van der Waals surface area contributed by atoms with Gasteiger partial charge in [-0.2, -0.15) is 5.10 Å². The molecule has 1 aliphatic rings. The number of pyridine rings is 1. The maximum Gasteiger partial charge on any atom is 0.228 e. The highest BCUT2D eigenvalue weighted by Gasteiger charge is 2.24. The third-order valence-electron chi connectivity index (χ3n) is 4.92. The van der Waals surface area contributed by atoms with Crippen LogP contribution >= 0.6 is 0 Å². The lowest BCUT2D eigenvalue weighted by molar-refractivity contribution is -0.121. The quantitative estimate of drug-likeness (QED) is 0.674. The Bertz CT molecular complexity index is 927. The Balaban J connectivity index is 1.54. The van der Waals surface area contributed by atoms with Gasteiger partial charge in [-0.25, -0.2) is 4.98 Å². The van der Waals surface area contributed by atoms with Crippen LogP contribution in [0, 0.1) is 5.92 Å². The van der Waals surface area contributed by atoms with Gasteiger partial charge < -0.3 is 15.3 Å². The van der Waals surface area contributed by atoms with Crippen molar-refractivity contribution in [3.8, 4) is 17.0 Å². The number of aromatic nitrogens is 3. The summed E-state index contributed by atoms with van der Waals surface area (Å²) in [6.45, 7) is 1.88. The Kier molecular flexibility index (Phi) is 4.30. The largest absolute Gasteiger partial charge is 0.508 e. The van der Waals surface area contributed by atoms with Gasteiger partial charge >= 0.3 is 0 Å². The topological polar surface area (TPSA) is 94.1 Å². The minimum Gasteiger partial charge on any atom is -0.508 e. The first kappa shape index (κ1) is 16.5. The van der Waals surface area contributed by atoms with Gasteiger partial charge in [0.15, 0.2) is 11.5 Å². The molecule has 3 heterocycles. The summed E-state index contributed by atoms with van der Waals surface area (Å²) < 4.78 is 0. The number of piperidine rings is 1. The molecule has 0 aliphatic carbocycles. The number of carbonyl (C=O) groups is 1. The summed E-state index contributed by atoms with van der Waals surface area (Å²) in [6, 6.07) is 10.7. The van der Waals surface area contributed by atoms with E-state index in [4.69, 9.17) is 0 Å². The normalized spacial score (nSPS) is 16.0. The van der Waals surface area contributed by atoms with E-state index in [1.165, 1.54) is 0 Å². The highest BCUT2D eigenvalue weighted by Crippen LogP contribution is 2.26. The number of nitrogens with zero attached hydrogens (tertiary/aromatic N) is 3. The molecule has 1 saturated heterocycles. The number of phenolic OH excluding ortho intramolecular Hbond substituents is 1. The maximum absolute atomic E-state index is 12.5. The lowest BCUT2D eigenvalue weighted by Crippen LogP contribution is -2.36. The average molecular weight is 351 g/mol. The van der Waals surface area contributed by atoms with Crippen LogP contribution in [0.5, 0.6) is 5.75 Å². The standard InChI is InChI=1S/C19H21N5O2/c1-24-10-8-13(9-11-24)19(26)21-18-15-6-7-16(20-17(15)22-23-18)12-2-4-14(25)5-3-12/h2-7,13,25H,8-11H2,1H3,(H2,20,21,22,23,26). The summed E-state index contributed by atoms with van der Waals surface area (Å²) in [5.41, 5.74) is 2.29. The van der Waals surface area contributed by atoms with Crippen LogP contribution in [-0.2, 0) is 4.79 Å². The Morgan fingerprint density at radius 3 is 2.65 bits per heavy atom. The predicted octanol–water partition coefficient (Wildman–Crippen LogP) is 2.61. The molecular weight excluding hydrogens is 330 g/mol. The first-order chi connectivity index (χ1) is 12.6. The molecule has 0 bridgehead atoms. The van der Waals surface area contributed by atoms with Crippen LogP contribution in [-0.4, -0.2) is 51.2 Å². The fourth-order valence-corrected chi connectivity index (χ4v) is 3.28. The van der Waals surface area contributed by atoms with E-state index in [9.17, 15) is 9.90 Å². The third kappa shape index (κ3) is 3.25. The van der Waals surface area contributed by atoms with Crippen LogP contribution in [0.1, 0.15) is 12.8 Å². The van der Waals surface area contributed by atoms with Gasteiger partial charge in [-0.15, -0.1) is 0 Å². The molecule has 1 amide bonds. The molecule has 0 atom stereocenters. The number of aromatic amines is 1. The number of phenols is 1. The molecule has 2 aromatic heterocycles. The second-order valence-electron chi connectivity index (χ2n) is 6.78. The molecule has 0 radical (unpaired) electrons. The summed E-state index contributed by atoms with van der Waals surface area (Å²) in [7, 11) is 2.08. The van der Waals surface area contributed by atoms with Crippen molar-refractivity contribution in [2.75, 3.05) is 25.5 Å². The van der Waals surface area contributed by atoms with Gasteiger partial charge in [-0.3, -0.25) is 9.89 Å². The van der Waals surface area contributed by atoms with Crippen LogP contribution in [0.25, 0.3) is 22.3 Å². The van der Waals surface area contributed by atoms with E-state index in [1.54, 1.807) is 12.1 Å². The number of fused-ring (bicyclic) bond motifs is 1. The number of amides is 1. The number of nitrogens with one attached hydrogen (secondary N) is 2. The van der Waals surface area contributed by atoms with Crippen molar-refractivity contribution in [2.45, 2.75) is 12.8 Å². The van der Waals surface area contributed by atoms with Gasteiger partial charge in [0, 0.05) is 11.5 Å². The molecule has 1 aromatic carbocycles. The average Bonchev–Trinajstić information content (AvgIpc) is 3.05.